The molecule has 1 aliphatic rings. The molecule has 1 amide bonds. The van der Waals surface area contributed by atoms with Gasteiger partial charge in [-0.05, 0) is 25.1 Å². The van der Waals surface area contributed by atoms with E-state index in [2.05, 4.69) is 0 Å². The first-order valence-corrected chi connectivity index (χ1v) is 6.68. The average Bonchev–Trinajstić information content (AvgIpc) is 2.89. The van der Waals surface area contributed by atoms with E-state index in [9.17, 15) is 9.59 Å². The van der Waals surface area contributed by atoms with Crippen LogP contribution in [0.3, 0.4) is 0 Å². The Labute approximate surface area is 120 Å². The summed E-state index contributed by atoms with van der Waals surface area (Å²) < 4.78 is 10.7. The molecule has 1 N–H and O–H groups in total. The van der Waals surface area contributed by atoms with E-state index < -0.39 is 12.1 Å². The van der Waals surface area contributed by atoms with Crippen molar-refractivity contribution in [3.63, 3.8) is 0 Å². The van der Waals surface area contributed by atoms with E-state index in [1.54, 1.807) is 6.07 Å². The highest BCUT2D eigenvalue weighted by atomic mass is 16.5. The van der Waals surface area contributed by atoms with Crippen LogP contribution in [-0.4, -0.2) is 47.7 Å². The van der Waals surface area contributed by atoms with Crippen molar-refractivity contribution < 1.29 is 23.8 Å². The fourth-order valence-corrected chi connectivity index (χ4v) is 2.41. The van der Waals surface area contributed by atoms with Gasteiger partial charge in [0.05, 0.1) is 13.2 Å². The average molecular weight is 289 g/mol. The van der Waals surface area contributed by atoms with Crippen molar-refractivity contribution in [1.29, 1.82) is 0 Å². The number of amides is 1. The van der Waals surface area contributed by atoms with Crippen LogP contribution in [-0.2, 0) is 9.53 Å². The molecular weight excluding hydrogens is 274 g/mol. The molecule has 110 valence electrons. The lowest BCUT2D eigenvalue weighted by molar-refractivity contribution is -0.154. The summed E-state index contributed by atoms with van der Waals surface area (Å²) in [7, 11) is 0. The van der Waals surface area contributed by atoms with Crippen LogP contribution >= 0.6 is 0 Å². The molecule has 0 spiro atoms. The first kappa shape index (κ1) is 13.6. The summed E-state index contributed by atoms with van der Waals surface area (Å²) in [6.07, 6.45) is -0.977. The number of morpholine rings is 1. The highest BCUT2D eigenvalue weighted by Gasteiger charge is 2.30. The molecule has 6 heteroatoms. The molecule has 1 fully saturated rings. The molecular formula is C15H15NO5. The summed E-state index contributed by atoms with van der Waals surface area (Å²) in [6, 6.07) is 7.36. The monoisotopic (exact) mass is 289 g/mol. The Hall–Kier alpha value is -2.34. The third kappa shape index (κ3) is 2.62. The van der Waals surface area contributed by atoms with Gasteiger partial charge in [-0.2, -0.15) is 0 Å². The number of carboxylic acid groups (broad SMARTS) is 1. The normalized spacial score (nSPS) is 18.9. The number of hydrogen-bond donors (Lipinski definition) is 1. The lowest BCUT2D eigenvalue weighted by atomic mass is 10.2. The molecule has 0 aliphatic carbocycles. The van der Waals surface area contributed by atoms with Crippen LogP contribution in [0.1, 0.15) is 16.1 Å². The fourth-order valence-electron chi connectivity index (χ4n) is 2.41. The smallest absolute Gasteiger partial charge is 0.334 e. The minimum atomic E-state index is -1.06. The Kier molecular flexibility index (Phi) is 3.39. The molecule has 0 radical (unpaired) electrons. The van der Waals surface area contributed by atoms with Crippen LogP contribution in [0.25, 0.3) is 11.0 Å². The fraction of sp³-hybridized carbons (Fsp3) is 0.333. The van der Waals surface area contributed by atoms with Crippen molar-refractivity contribution in [3.05, 3.63) is 35.6 Å². The summed E-state index contributed by atoms with van der Waals surface area (Å²) in [4.78, 5) is 24.8. The summed E-state index contributed by atoms with van der Waals surface area (Å²) in [5, 5.41) is 9.83. The Morgan fingerprint density at radius 2 is 2.14 bits per heavy atom. The molecule has 3 rings (SSSR count). The standard InChI is InChI=1S/C15H15NO5/c1-9-2-3-11-10(6-9)7-12(21-11)14(17)16-4-5-20-13(8-16)15(18)19/h2-3,6-7,13H,4-5,8H2,1H3,(H,18,19). The number of nitrogens with zero attached hydrogens (tertiary/aromatic N) is 1. The third-order valence-corrected chi connectivity index (χ3v) is 3.51. The number of aliphatic carboxylic acids is 1. The first-order valence-electron chi connectivity index (χ1n) is 6.68. The lowest BCUT2D eigenvalue weighted by Crippen LogP contribution is -2.48. The zero-order chi connectivity index (χ0) is 15.0. The van der Waals surface area contributed by atoms with Gasteiger partial charge in [-0.3, -0.25) is 4.79 Å². The van der Waals surface area contributed by atoms with E-state index >= 15 is 0 Å². The molecule has 1 unspecified atom stereocenters. The second-order valence-electron chi connectivity index (χ2n) is 5.10. The number of fused-ring (bicyclic) bond motifs is 1. The number of carbonyl (C=O) groups is 2. The van der Waals surface area contributed by atoms with Gasteiger partial charge in [0.15, 0.2) is 11.9 Å². The topological polar surface area (TPSA) is 80.0 Å². The number of carboxylic acids is 1. The van der Waals surface area contributed by atoms with Crippen LogP contribution in [0.4, 0.5) is 0 Å². The van der Waals surface area contributed by atoms with Crippen LogP contribution < -0.4 is 0 Å². The van der Waals surface area contributed by atoms with Gasteiger partial charge in [0.2, 0.25) is 0 Å². The Bertz CT molecular complexity index is 705. The second kappa shape index (κ2) is 5.21. The predicted molar refractivity (Wildman–Crippen MR) is 74.2 cm³/mol. The van der Waals surface area contributed by atoms with Gasteiger partial charge in [0.25, 0.3) is 5.91 Å². The SMILES string of the molecule is Cc1ccc2oc(C(=O)N3CCOC(C(=O)O)C3)cc2c1. The first-order chi connectivity index (χ1) is 10.0. The number of aryl methyl sites for hydroxylation is 1. The number of hydrogen-bond acceptors (Lipinski definition) is 4. The van der Waals surface area contributed by atoms with Crippen LogP contribution in [0, 0.1) is 6.92 Å². The zero-order valence-corrected chi connectivity index (χ0v) is 11.5. The van der Waals surface area contributed by atoms with Crippen molar-refractivity contribution in [1.82, 2.24) is 4.90 Å². The van der Waals surface area contributed by atoms with Gasteiger partial charge in [-0.1, -0.05) is 11.6 Å². The molecule has 6 nitrogen and oxygen atoms in total. The van der Waals surface area contributed by atoms with E-state index in [4.69, 9.17) is 14.3 Å². The van der Waals surface area contributed by atoms with E-state index in [0.29, 0.717) is 12.1 Å². The second-order valence-corrected chi connectivity index (χ2v) is 5.10. The van der Waals surface area contributed by atoms with Crippen LogP contribution in [0.15, 0.2) is 28.7 Å². The predicted octanol–water partition coefficient (Wildman–Crippen LogP) is 1.67. The maximum absolute atomic E-state index is 12.4. The van der Waals surface area contributed by atoms with E-state index in [0.717, 1.165) is 10.9 Å². The number of rotatable bonds is 2. The number of carbonyl (C=O) groups excluding carboxylic acids is 1. The van der Waals surface area contributed by atoms with Gasteiger partial charge >= 0.3 is 5.97 Å². The minimum Gasteiger partial charge on any atom is -0.479 e. The third-order valence-electron chi connectivity index (χ3n) is 3.51. The largest absolute Gasteiger partial charge is 0.479 e. The van der Waals surface area contributed by atoms with Gasteiger partial charge in [-0.15, -0.1) is 0 Å². The van der Waals surface area contributed by atoms with Crippen molar-refractivity contribution >= 4 is 22.8 Å². The lowest BCUT2D eigenvalue weighted by Gasteiger charge is -2.30. The number of ether oxygens (including phenoxy) is 1. The van der Waals surface area contributed by atoms with Crippen LogP contribution in [0.5, 0.6) is 0 Å². The summed E-state index contributed by atoms with van der Waals surface area (Å²) in [5.74, 6) is -1.15. The quantitative estimate of drug-likeness (QED) is 0.909. The maximum atomic E-state index is 12.4. The number of benzene rings is 1. The molecule has 1 aliphatic heterocycles. The van der Waals surface area contributed by atoms with Crippen molar-refractivity contribution in [2.24, 2.45) is 0 Å². The van der Waals surface area contributed by atoms with Crippen molar-refractivity contribution in [3.8, 4) is 0 Å². The molecule has 1 aromatic carbocycles. The van der Waals surface area contributed by atoms with Gasteiger partial charge in [0.1, 0.15) is 5.58 Å². The summed E-state index contributed by atoms with van der Waals surface area (Å²) >= 11 is 0. The van der Waals surface area contributed by atoms with Crippen molar-refractivity contribution in [2.45, 2.75) is 13.0 Å². The Balaban J connectivity index is 1.84. The summed E-state index contributed by atoms with van der Waals surface area (Å²) in [5.41, 5.74) is 1.73. The van der Waals surface area contributed by atoms with Gasteiger partial charge < -0.3 is 19.2 Å². The van der Waals surface area contributed by atoms with Gasteiger partial charge in [0, 0.05) is 11.9 Å². The van der Waals surface area contributed by atoms with E-state index in [-0.39, 0.29) is 24.8 Å². The molecule has 1 aromatic heterocycles. The zero-order valence-electron chi connectivity index (χ0n) is 11.5. The summed E-state index contributed by atoms with van der Waals surface area (Å²) in [6.45, 7) is 2.57. The van der Waals surface area contributed by atoms with E-state index in [1.807, 2.05) is 25.1 Å². The molecule has 0 bridgehead atoms. The molecule has 0 saturated carbocycles. The molecule has 2 heterocycles. The molecule has 1 atom stereocenters. The molecule has 1 saturated heterocycles. The number of furan rings is 1. The van der Waals surface area contributed by atoms with Crippen molar-refractivity contribution in [2.75, 3.05) is 19.7 Å². The minimum absolute atomic E-state index is 0.0320. The molecule has 21 heavy (non-hydrogen) atoms. The Morgan fingerprint density at radius 3 is 2.90 bits per heavy atom. The molecule has 2 aromatic rings. The highest BCUT2D eigenvalue weighted by Crippen LogP contribution is 2.22. The maximum Gasteiger partial charge on any atom is 0.334 e. The van der Waals surface area contributed by atoms with Gasteiger partial charge in [-0.25, -0.2) is 4.79 Å². The van der Waals surface area contributed by atoms with Crippen LogP contribution in [0.2, 0.25) is 0 Å². The highest BCUT2D eigenvalue weighted by molar-refractivity contribution is 5.96. The Morgan fingerprint density at radius 1 is 1.33 bits per heavy atom. The van der Waals surface area contributed by atoms with E-state index in [1.165, 1.54) is 4.90 Å².